The molecule has 2 aromatic rings. The maximum absolute atomic E-state index is 11.4. The zero-order chi connectivity index (χ0) is 14.9. The van der Waals surface area contributed by atoms with Gasteiger partial charge in [-0.2, -0.15) is 0 Å². The Hall–Kier alpha value is -1.39. The Morgan fingerprint density at radius 1 is 0.952 bits per heavy atom. The molecule has 0 spiro atoms. The molecule has 0 amide bonds. The van der Waals surface area contributed by atoms with Crippen molar-refractivity contribution in [3.63, 3.8) is 0 Å². The lowest BCUT2D eigenvalue weighted by atomic mass is 10.3. The third kappa shape index (κ3) is 5.86. The molecule has 2 nitrogen and oxygen atoms in total. The van der Waals surface area contributed by atoms with Crippen LogP contribution in [0.2, 0.25) is 0 Å². The molecule has 0 aliphatic rings. The summed E-state index contributed by atoms with van der Waals surface area (Å²) in [5, 5.41) is 0. The van der Waals surface area contributed by atoms with E-state index < -0.39 is 0 Å². The number of esters is 1. The summed E-state index contributed by atoms with van der Waals surface area (Å²) in [5.74, 6) is -0.151. The molecule has 0 aliphatic heterocycles. The maximum Gasteiger partial charge on any atom is 0.305 e. The van der Waals surface area contributed by atoms with Crippen molar-refractivity contribution in [2.24, 2.45) is 0 Å². The molecule has 0 unspecified atom stereocenters. The molecular formula is C17H18O2S2. The van der Waals surface area contributed by atoms with Gasteiger partial charge in [-0.1, -0.05) is 36.4 Å². The fourth-order valence-electron chi connectivity index (χ4n) is 1.78. The molecule has 0 aromatic heterocycles. The summed E-state index contributed by atoms with van der Waals surface area (Å²) in [6.45, 7) is 0. The monoisotopic (exact) mass is 318 g/mol. The minimum Gasteiger partial charge on any atom is -0.469 e. The van der Waals surface area contributed by atoms with E-state index in [9.17, 15) is 4.79 Å². The second-order valence-electron chi connectivity index (χ2n) is 4.41. The van der Waals surface area contributed by atoms with Crippen LogP contribution in [-0.4, -0.2) is 17.7 Å². The Balaban J connectivity index is 2.01. The van der Waals surface area contributed by atoms with Gasteiger partial charge < -0.3 is 4.74 Å². The van der Waals surface area contributed by atoms with Gasteiger partial charge in [0.25, 0.3) is 0 Å². The molecule has 0 heterocycles. The standard InChI is InChI=1S/C17H18O2S2/c1-19-16(18)12-13-17(20-14-8-4-2-5-9-14)21-15-10-6-3-7-11-15/h2-11,17H,12-13H2,1H3. The number of carbonyl (C=O) groups is 1. The van der Waals surface area contributed by atoms with E-state index in [4.69, 9.17) is 4.74 Å². The molecular weight excluding hydrogens is 300 g/mol. The number of rotatable bonds is 7. The Labute approximate surface area is 134 Å². The first kappa shape index (κ1) is 16.0. The third-order valence-corrected chi connectivity index (χ3v) is 5.50. The number of hydrogen-bond donors (Lipinski definition) is 0. The van der Waals surface area contributed by atoms with Gasteiger partial charge in [-0.25, -0.2) is 0 Å². The SMILES string of the molecule is COC(=O)CCC(Sc1ccccc1)Sc1ccccc1. The first-order chi connectivity index (χ1) is 10.3. The topological polar surface area (TPSA) is 26.3 Å². The maximum atomic E-state index is 11.4. The molecule has 0 fully saturated rings. The van der Waals surface area contributed by atoms with E-state index in [1.165, 1.54) is 16.9 Å². The molecule has 0 saturated heterocycles. The molecule has 110 valence electrons. The molecule has 0 aliphatic carbocycles. The fraction of sp³-hybridized carbons (Fsp3) is 0.235. The molecule has 0 N–H and O–H groups in total. The average Bonchev–Trinajstić information content (AvgIpc) is 2.54. The van der Waals surface area contributed by atoms with Crippen LogP contribution in [0.3, 0.4) is 0 Å². The van der Waals surface area contributed by atoms with Crippen molar-refractivity contribution >= 4 is 29.5 Å². The number of methoxy groups -OCH3 is 1. The molecule has 2 aromatic carbocycles. The summed E-state index contributed by atoms with van der Waals surface area (Å²) in [6, 6.07) is 20.6. The van der Waals surface area contributed by atoms with E-state index in [-0.39, 0.29) is 10.6 Å². The van der Waals surface area contributed by atoms with Crippen molar-refractivity contribution < 1.29 is 9.53 Å². The van der Waals surface area contributed by atoms with Gasteiger partial charge >= 0.3 is 5.97 Å². The van der Waals surface area contributed by atoms with Crippen LogP contribution < -0.4 is 0 Å². The van der Waals surface area contributed by atoms with Gasteiger partial charge in [-0.3, -0.25) is 4.79 Å². The molecule has 21 heavy (non-hydrogen) atoms. The summed E-state index contributed by atoms with van der Waals surface area (Å²) in [6.07, 6.45) is 1.23. The minimum atomic E-state index is -0.151. The van der Waals surface area contributed by atoms with Crippen LogP contribution in [0.15, 0.2) is 70.5 Å². The third-order valence-electron chi connectivity index (χ3n) is 2.83. The normalized spacial score (nSPS) is 10.6. The zero-order valence-electron chi connectivity index (χ0n) is 11.9. The summed E-state index contributed by atoms with van der Waals surface area (Å²) in [5.41, 5.74) is 0. The first-order valence-corrected chi connectivity index (χ1v) is 8.54. The summed E-state index contributed by atoms with van der Waals surface area (Å²) < 4.78 is 5.03. The Morgan fingerprint density at radius 3 is 1.86 bits per heavy atom. The van der Waals surface area contributed by atoms with Crippen molar-refractivity contribution in [1.29, 1.82) is 0 Å². The Bertz CT molecular complexity index is 502. The summed E-state index contributed by atoms with van der Waals surface area (Å²) in [7, 11) is 1.44. The zero-order valence-corrected chi connectivity index (χ0v) is 13.5. The van der Waals surface area contributed by atoms with Gasteiger partial charge in [0, 0.05) is 16.2 Å². The number of ether oxygens (including phenoxy) is 1. The van der Waals surface area contributed by atoms with Crippen LogP contribution in [0.4, 0.5) is 0 Å². The Kier molecular flexibility index (Phi) is 6.70. The lowest BCUT2D eigenvalue weighted by molar-refractivity contribution is -0.140. The second kappa shape index (κ2) is 8.80. The molecule has 2 rings (SSSR count). The highest BCUT2D eigenvalue weighted by Gasteiger charge is 2.14. The average molecular weight is 318 g/mol. The van der Waals surface area contributed by atoms with Gasteiger partial charge in [-0.15, -0.1) is 23.5 Å². The van der Waals surface area contributed by atoms with Gasteiger partial charge in [0.05, 0.1) is 11.7 Å². The fourth-order valence-corrected chi connectivity index (χ4v) is 4.35. The highest BCUT2D eigenvalue weighted by molar-refractivity contribution is 8.17. The Morgan fingerprint density at radius 2 is 1.43 bits per heavy atom. The van der Waals surface area contributed by atoms with E-state index in [1.54, 1.807) is 23.5 Å². The van der Waals surface area contributed by atoms with Gasteiger partial charge in [0.1, 0.15) is 0 Å². The van der Waals surface area contributed by atoms with Gasteiger partial charge in [0.15, 0.2) is 0 Å². The number of hydrogen-bond acceptors (Lipinski definition) is 4. The van der Waals surface area contributed by atoms with Crippen molar-refractivity contribution in [3.05, 3.63) is 60.7 Å². The highest BCUT2D eigenvalue weighted by Crippen LogP contribution is 2.38. The van der Waals surface area contributed by atoms with Crippen LogP contribution in [-0.2, 0) is 9.53 Å². The van der Waals surface area contributed by atoms with Crippen LogP contribution >= 0.6 is 23.5 Å². The van der Waals surface area contributed by atoms with E-state index in [1.807, 2.05) is 36.4 Å². The second-order valence-corrected chi connectivity index (χ2v) is 7.26. The van der Waals surface area contributed by atoms with Crippen molar-refractivity contribution in [3.8, 4) is 0 Å². The predicted molar refractivity (Wildman–Crippen MR) is 89.6 cm³/mol. The number of carbonyl (C=O) groups excluding carboxylic acids is 1. The lowest BCUT2D eigenvalue weighted by Gasteiger charge is -2.15. The van der Waals surface area contributed by atoms with Crippen LogP contribution in [0.25, 0.3) is 0 Å². The van der Waals surface area contributed by atoms with E-state index >= 15 is 0 Å². The van der Waals surface area contributed by atoms with E-state index in [2.05, 4.69) is 24.3 Å². The van der Waals surface area contributed by atoms with E-state index in [0.29, 0.717) is 6.42 Å². The molecule has 4 heteroatoms. The van der Waals surface area contributed by atoms with Crippen molar-refractivity contribution in [2.75, 3.05) is 7.11 Å². The van der Waals surface area contributed by atoms with Crippen LogP contribution in [0, 0.1) is 0 Å². The quantitative estimate of drug-likeness (QED) is 0.414. The number of benzene rings is 2. The predicted octanol–water partition coefficient (Wildman–Crippen LogP) is 4.85. The van der Waals surface area contributed by atoms with Crippen molar-refractivity contribution in [2.45, 2.75) is 27.2 Å². The summed E-state index contributed by atoms with van der Waals surface area (Å²) in [4.78, 5) is 13.8. The van der Waals surface area contributed by atoms with E-state index in [0.717, 1.165) is 6.42 Å². The smallest absolute Gasteiger partial charge is 0.305 e. The van der Waals surface area contributed by atoms with Crippen LogP contribution in [0.5, 0.6) is 0 Å². The minimum absolute atomic E-state index is 0.151. The lowest BCUT2D eigenvalue weighted by Crippen LogP contribution is -2.05. The first-order valence-electron chi connectivity index (χ1n) is 6.78. The summed E-state index contributed by atoms with van der Waals surface area (Å²) >= 11 is 3.58. The molecule has 0 radical (unpaired) electrons. The van der Waals surface area contributed by atoms with Gasteiger partial charge in [0.2, 0.25) is 0 Å². The highest BCUT2D eigenvalue weighted by atomic mass is 32.2. The number of thioether (sulfide) groups is 2. The van der Waals surface area contributed by atoms with Crippen molar-refractivity contribution in [1.82, 2.24) is 0 Å². The van der Waals surface area contributed by atoms with Gasteiger partial charge in [-0.05, 0) is 30.7 Å². The largest absolute Gasteiger partial charge is 0.469 e. The molecule has 0 saturated carbocycles. The van der Waals surface area contributed by atoms with Crippen LogP contribution in [0.1, 0.15) is 12.8 Å². The molecule has 0 atom stereocenters. The molecule has 0 bridgehead atoms.